The fraction of sp³-hybridized carbons (Fsp3) is 0.636. The molecule has 1 atom stereocenters. The van der Waals surface area contributed by atoms with Gasteiger partial charge in [0.25, 0.3) is 0 Å². The first-order valence-corrected chi connectivity index (χ1v) is 5.08. The zero-order valence-corrected chi connectivity index (χ0v) is 8.93. The van der Waals surface area contributed by atoms with Crippen molar-refractivity contribution in [3.05, 3.63) is 24.0 Å². The highest BCUT2D eigenvalue weighted by Crippen LogP contribution is 2.24. The zero-order chi connectivity index (χ0) is 9.84. The van der Waals surface area contributed by atoms with Crippen LogP contribution in [0.15, 0.2) is 24.0 Å². The summed E-state index contributed by atoms with van der Waals surface area (Å²) in [7, 11) is 2.13. The Morgan fingerprint density at radius 3 is 2.69 bits per heavy atom. The van der Waals surface area contributed by atoms with Crippen molar-refractivity contribution < 1.29 is 0 Å². The Balaban J connectivity index is 2.77. The van der Waals surface area contributed by atoms with E-state index in [0.717, 1.165) is 12.8 Å². The van der Waals surface area contributed by atoms with Gasteiger partial charge < -0.3 is 10.2 Å². The molecule has 1 aliphatic heterocycles. The molecule has 74 valence electrons. The molecule has 0 fully saturated rings. The summed E-state index contributed by atoms with van der Waals surface area (Å²) in [5, 5.41) is 3.46. The molecule has 2 nitrogen and oxygen atoms in total. The molecule has 0 saturated carbocycles. The van der Waals surface area contributed by atoms with Crippen molar-refractivity contribution in [3.8, 4) is 0 Å². The van der Waals surface area contributed by atoms with Crippen molar-refractivity contribution in [2.45, 2.75) is 39.3 Å². The molecule has 2 heteroatoms. The SMILES string of the molecule is C=CC1NC(CC)=C(CCC)N1C. The summed E-state index contributed by atoms with van der Waals surface area (Å²) in [6.07, 6.45) is 5.71. The van der Waals surface area contributed by atoms with E-state index >= 15 is 0 Å². The Kier molecular flexibility index (Phi) is 3.40. The van der Waals surface area contributed by atoms with E-state index in [0.29, 0.717) is 6.17 Å². The highest BCUT2D eigenvalue weighted by Gasteiger charge is 2.23. The van der Waals surface area contributed by atoms with E-state index in [2.05, 4.69) is 37.7 Å². The van der Waals surface area contributed by atoms with Crippen LogP contribution in [0.1, 0.15) is 33.1 Å². The molecule has 0 aromatic rings. The Labute approximate surface area is 81.3 Å². The lowest BCUT2D eigenvalue weighted by Crippen LogP contribution is -2.32. The lowest BCUT2D eigenvalue weighted by molar-refractivity contribution is 0.353. The molecule has 0 amide bonds. The van der Waals surface area contributed by atoms with Crippen LogP contribution >= 0.6 is 0 Å². The van der Waals surface area contributed by atoms with Crippen molar-refractivity contribution in [2.75, 3.05) is 7.05 Å². The summed E-state index contributed by atoms with van der Waals surface area (Å²) in [6, 6.07) is 0. The monoisotopic (exact) mass is 180 g/mol. The Bertz CT molecular complexity index is 218. The first kappa shape index (κ1) is 10.2. The van der Waals surface area contributed by atoms with Crippen LogP contribution < -0.4 is 5.32 Å². The minimum Gasteiger partial charge on any atom is -0.364 e. The number of nitrogens with zero attached hydrogens (tertiary/aromatic N) is 1. The standard InChI is InChI=1S/C11H20N2/c1-5-8-10-9(6-2)12-11(7-3)13(10)4/h7,11-12H,3,5-6,8H2,1-2,4H3. The molecule has 0 bridgehead atoms. The molecule has 13 heavy (non-hydrogen) atoms. The maximum Gasteiger partial charge on any atom is 0.117 e. The summed E-state index contributed by atoms with van der Waals surface area (Å²) in [5.41, 5.74) is 2.84. The number of allylic oxidation sites excluding steroid dienone is 2. The lowest BCUT2D eigenvalue weighted by Gasteiger charge is -2.21. The predicted molar refractivity (Wildman–Crippen MR) is 57.1 cm³/mol. The zero-order valence-electron chi connectivity index (χ0n) is 8.93. The van der Waals surface area contributed by atoms with Crippen molar-refractivity contribution in [1.29, 1.82) is 0 Å². The van der Waals surface area contributed by atoms with Crippen molar-refractivity contribution in [3.63, 3.8) is 0 Å². The normalized spacial score (nSPS) is 22.1. The fourth-order valence-electron chi connectivity index (χ4n) is 1.83. The van der Waals surface area contributed by atoms with Gasteiger partial charge in [-0.15, -0.1) is 0 Å². The lowest BCUT2D eigenvalue weighted by atomic mass is 10.2. The molecule has 0 radical (unpaired) electrons. The molecule has 0 saturated heterocycles. The van der Waals surface area contributed by atoms with Crippen LogP contribution in [-0.4, -0.2) is 18.1 Å². The van der Waals surface area contributed by atoms with Gasteiger partial charge in [-0.05, 0) is 18.9 Å². The molecule has 1 aliphatic rings. The van der Waals surface area contributed by atoms with Crippen LogP contribution in [0, 0.1) is 0 Å². The third kappa shape index (κ3) is 1.87. The Morgan fingerprint density at radius 1 is 1.54 bits per heavy atom. The van der Waals surface area contributed by atoms with Crippen molar-refractivity contribution in [2.24, 2.45) is 0 Å². The number of hydrogen-bond acceptors (Lipinski definition) is 2. The van der Waals surface area contributed by atoms with Gasteiger partial charge in [0.05, 0.1) is 0 Å². The largest absolute Gasteiger partial charge is 0.364 e. The highest BCUT2D eigenvalue weighted by atomic mass is 15.3. The third-order valence-corrected chi connectivity index (χ3v) is 2.58. The van der Waals surface area contributed by atoms with Gasteiger partial charge in [0.15, 0.2) is 0 Å². The van der Waals surface area contributed by atoms with Gasteiger partial charge in [0, 0.05) is 18.4 Å². The van der Waals surface area contributed by atoms with Crippen LogP contribution in [0.2, 0.25) is 0 Å². The quantitative estimate of drug-likeness (QED) is 0.668. The molecule has 0 aromatic carbocycles. The minimum absolute atomic E-state index is 0.302. The van der Waals surface area contributed by atoms with E-state index in [4.69, 9.17) is 0 Å². The predicted octanol–water partition coefficient (Wildman–Crippen LogP) is 2.46. The van der Waals surface area contributed by atoms with Gasteiger partial charge >= 0.3 is 0 Å². The minimum atomic E-state index is 0.302. The van der Waals surface area contributed by atoms with Crippen molar-refractivity contribution >= 4 is 0 Å². The molecule has 1 N–H and O–H groups in total. The molecule has 1 rings (SSSR count). The number of likely N-dealkylation sites (N-methyl/N-ethyl adjacent to an activating group) is 1. The molecule has 0 aliphatic carbocycles. The van der Waals surface area contributed by atoms with Gasteiger partial charge in [-0.3, -0.25) is 0 Å². The molecule has 0 aromatic heterocycles. The van der Waals surface area contributed by atoms with Gasteiger partial charge in [-0.2, -0.15) is 0 Å². The Morgan fingerprint density at radius 2 is 2.23 bits per heavy atom. The number of hydrogen-bond donors (Lipinski definition) is 1. The van der Waals surface area contributed by atoms with Crippen LogP contribution in [0.3, 0.4) is 0 Å². The smallest absolute Gasteiger partial charge is 0.117 e. The number of nitrogens with one attached hydrogen (secondary N) is 1. The number of rotatable bonds is 4. The summed E-state index contributed by atoms with van der Waals surface area (Å²) < 4.78 is 0. The second-order valence-corrected chi connectivity index (χ2v) is 3.46. The van der Waals surface area contributed by atoms with E-state index in [1.54, 1.807) is 0 Å². The van der Waals surface area contributed by atoms with Crippen LogP contribution in [0.5, 0.6) is 0 Å². The van der Waals surface area contributed by atoms with E-state index in [1.807, 2.05) is 6.08 Å². The second kappa shape index (κ2) is 4.35. The highest BCUT2D eigenvalue weighted by molar-refractivity contribution is 5.20. The Hall–Kier alpha value is -0.920. The topological polar surface area (TPSA) is 15.3 Å². The van der Waals surface area contributed by atoms with E-state index < -0.39 is 0 Å². The van der Waals surface area contributed by atoms with Gasteiger partial charge in [-0.1, -0.05) is 26.8 Å². The van der Waals surface area contributed by atoms with Crippen LogP contribution in [0.25, 0.3) is 0 Å². The first-order chi connectivity index (χ1) is 6.24. The summed E-state index contributed by atoms with van der Waals surface area (Å²) in [6.45, 7) is 8.23. The first-order valence-electron chi connectivity index (χ1n) is 5.08. The van der Waals surface area contributed by atoms with E-state index in [-0.39, 0.29) is 0 Å². The van der Waals surface area contributed by atoms with Gasteiger partial charge in [0.1, 0.15) is 6.17 Å². The maximum atomic E-state index is 3.83. The maximum absolute atomic E-state index is 3.83. The average Bonchev–Trinajstić information content (AvgIpc) is 2.45. The summed E-state index contributed by atoms with van der Waals surface area (Å²) in [4.78, 5) is 2.29. The average molecular weight is 180 g/mol. The molecule has 1 unspecified atom stereocenters. The van der Waals surface area contributed by atoms with Gasteiger partial charge in [-0.25, -0.2) is 0 Å². The second-order valence-electron chi connectivity index (χ2n) is 3.46. The molecular weight excluding hydrogens is 160 g/mol. The molecule has 1 heterocycles. The van der Waals surface area contributed by atoms with E-state index in [1.165, 1.54) is 17.8 Å². The van der Waals surface area contributed by atoms with Gasteiger partial charge in [0.2, 0.25) is 0 Å². The van der Waals surface area contributed by atoms with Crippen LogP contribution in [0.4, 0.5) is 0 Å². The van der Waals surface area contributed by atoms with E-state index in [9.17, 15) is 0 Å². The fourth-order valence-corrected chi connectivity index (χ4v) is 1.83. The molecule has 0 spiro atoms. The summed E-state index contributed by atoms with van der Waals surface area (Å²) >= 11 is 0. The van der Waals surface area contributed by atoms with Crippen molar-refractivity contribution in [1.82, 2.24) is 10.2 Å². The molecular formula is C11H20N2. The third-order valence-electron chi connectivity index (χ3n) is 2.58. The van der Waals surface area contributed by atoms with Crippen LogP contribution in [-0.2, 0) is 0 Å². The summed E-state index contributed by atoms with van der Waals surface area (Å²) in [5.74, 6) is 0.